The SMILES string of the molecule is CCCNC(=O)[C@@H](CC)N(Cc1ccccc1C)C(=O)CN(c1ccc(C)c(C)c1)S(C)(=O)=O. The van der Waals surface area contributed by atoms with Crippen molar-refractivity contribution in [3.05, 3.63) is 64.7 Å². The van der Waals surface area contributed by atoms with Gasteiger partial charge in [-0.05, 0) is 68.0 Å². The van der Waals surface area contributed by atoms with E-state index in [9.17, 15) is 18.0 Å². The molecule has 0 spiro atoms. The molecule has 0 radical (unpaired) electrons. The molecular formula is C26H37N3O4S. The molecule has 8 heteroatoms. The van der Waals surface area contributed by atoms with E-state index in [1.807, 2.05) is 65.0 Å². The topological polar surface area (TPSA) is 86.8 Å². The Morgan fingerprint density at radius 1 is 0.971 bits per heavy atom. The number of anilines is 1. The Balaban J connectivity index is 2.46. The van der Waals surface area contributed by atoms with Crippen LogP contribution < -0.4 is 9.62 Å². The van der Waals surface area contributed by atoms with Crippen LogP contribution in [0.2, 0.25) is 0 Å². The number of nitrogens with one attached hydrogen (secondary N) is 1. The second kappa shape index (κ2) is 12.0. The summed E-state index contributed by atoms with van der Waals surface area (Å²) in [5, 5.41) is 2.88. The van der Waals surface area contributed by atoms with Gasteiger partial charge in [0.25, 0.3) is 0 Å². The molecule has 0 aromatic heterocycles. The fraction of sp³-hybridized carbons (Fsp3) is 0.462. The van der Waals surface area contributed by atoms with Crippen LogP contribution in [0, 0.1) is 20.8 Å². The Kier molecular flexibility index (Phi) is 9.67. The summed E-state index contributed by atoms with van der Waals surface area (Å²) in [5.74, 6) is -0.659. The summed E-state index contributed by atoms with van der Waals surface area (Å²) < 4.78 is 26.5. The van der Waals surface area contributed by atoms with Gasteiger partial charge in [0.2, 0.25) is 21.8 Å². The molecule has 0 bridgehead atoms. The lowest BCUT2D eigenvalue weighted by molar-refractivity contribution is -0.140. The molecule has 7 nitrogen and oxygen atoms in total. The van der Waals surface area contributed by atoms with E-state index in [4.69, 9.17) is 0 Å². The molecular weight excluding hydrogens is 450 g/mol. The van der Waals surface area contributed by atoms with E-state index in [1.165, 1.54) is 4.90 Å². The minimum absolute atomic E-state index is 0.216. The van der Waals surface area contributed by atoms with Crippen molar-refractivity contribution in [2.24, 2.45) is 0 Å². The molecule has 186 valence electrons. The predicted octanol–water partition coefficient (Wildman–Crippen LogP) is 3.71. The van der Waals surface area contributed by atoms with Gasteiger partial charge in [0.1, 0.15) is 12.6 Å². The Morgan fingerprint density at radius 2 is 1.65 bits per heavy atom. The van der Waals surface area contributed by atoms with Crippen LogP contribution in [0.15, 0.2) is 42.5 Å². The Labute approximate surface area is 204 Å². The van der Waals surface area contributed by atoms with Crippen LogP contribution >= 0.6 is 0 Å². The standard InChI is InChI=1S/C26H37N3O4S/c1-7-15-27-26(31)24(8-2)28(17-22-12-10-9-11-20(22)4)25(30)18-29(34(6,32)33)23-14-13-19(3)21(5)16-23/h9-14,16,24H,7-8,15,17-18H2,1-6H3,(H,27,31)/t24-/m1/s1. The van der Waals surface area contributed by atoms with Gasteiger partial charge < -0.3 is 10.2 Å². The summed E-state index contributed by atoms with van der Waals surface area (Å²) in [6.45, 7) is 9.96. The van der Waals surface area contributed by atoms with Crippen LogP contribution in [-0.4, -0.2) is 50.5 Å². The van der Waals surface area contributed by atoms with Crippen LogP contribution in [0.4, 0.5) is 5.69 Å². The fourth-order valence-electron chi connectivity index (χ4n) is 3.75. The monoisotopic (exact) mass is 487 g/mol. The minimum atomic E-state index is -3.74. The molecule has 0 saturated heterocycles. The number of hydrogen-bond acceptors (Lipinski definition) is 4. The molecule has 2 rings (SSSR count). The number of nitrogens with zero attached hydrogens (tertiary/aromatic N) is 2. The fourth-order valence-corrected chi connectivity index (χ4v) is 4.59. The number of rotatable bonds is 11. The maximum atomic E-state index is 13.7. The van der Waals surface area contributed by atoms with Crippen LogP contribution in [0.1, 0.15) is 48.9 Å². The number of carbonyl (C=O) groups is 2. The molecule has 2 aromatic rings. The van der Waals surface area contributed by atoms with E-state index < -0.39 is 22.0 Å². The van der Waals surface area contributed by atoms with E-state index in [2.05, 4.69) is 5.32 Å². The summed E-state index contributed by atoms with van der Waals surface area (Å²) in [5.41, 5.74) is 4.30. The van der Waals surface area contributed by atoms with Crippen molar-refractivity contribution >= 4 is 27.5 Å². The smallest absolute Gasteiger partial charge is 0.244 e. The van der Waals surface area contributed by atoms with Crippen molar-refractivity contribution in [2.45, 2.75) is 60.0 Å². The first kappa shape index (κ1) is 27.4. The highest BCUT2D eigenvalue weighted by molar-refractivity contribution is 7.92. The molecule has 0 heterocycles. The van der Waals surface area contributed by atoms with E-state index in [-0.39, 0.29) is 19.0 Å². The van der Waals surface area contributed by atoms with Crippen molar-refractivity contribution in [3.63, 3.8) is 0 Å². The Hall–Kier alpha value is -2.87. The third-order valence-corrected chi connectivity index (χ3v) is 7.14. The zero-order chi connectivity index (χ0) is 25.5. The first-order valence-electron chi connectivity index (χ1n) is 11.7. The second-order valence-corrected chi connectivity index (χ2v) is 10.6. The molecule has 0 aliphatic rings. The van der Waals surface area contributed by atoms with E-state index >= 15 is 0 Å². The molecule has 1 atom stereocenters. The summed E-state index contributed by atoms with van der Waals surface area (Å²) in [6, 6.07) is 12.3. The van der Waals surface area contributed by atoms with Gasteiger partial charge >= 0.3 is 0 Å². The predicted molar refractivity (Wildman–Crippen MR) is 137 cm³/mol. The highest BCUT2D eigenvalue weighted by Crippen LogP contribution is 2.23. The van der Waals surface area contributed by atoms with Crippen LogP contribution in [0.3, 0.4) is 0 Å². The lowest BCUT2D eigenvalue weighted by Gasteiger charge is -2.33. The van der Waals surface area contributed by atoms with Gasteiger partial charge in [-0.2, -0.15) is 0 Å². The summed E-state index contributed by atoms with van der Waals surface area (Å²) >= 11 is 0. The van der Waals surface area contributed by atoms with Crippen LogP contribution in [0.25, 0.3) is 0 Å². The number of carbonyl (C=O) groups excluding carboxylic acids is 2. The molecule has 0 fully saturated rings. The highest BCUT2D eigenvalue weighted by atomic mass is 32.2. The van der Waals surface area contributed by atoms with Crippen LogP contribution in [-0.2, 0) is 26.2 Å². The van der Waals surface area contributed by atoms with Gasteiger partial charge in [-0.15, -0.1) is 0 Å². The van der Waals surface area contributed by atoms with Gasteiger partial charge in [-0.3, -0.25) is 13.9 Å². The van der Waals surface area contributed by atoms with Crippen molar-refractivity contribution in [1.29, 1.82) is 0 Å². The average molecular weight is 488 g/mol. The maximum Gasteiger partial charge on any atom is 0.244 e. The lowest BCUT2D eigenvalue weighted by Crippen LogP contribution is -2.52. The number of hydrogen-bond donors (Lipinski definition) is 1. The van der Waals surface area contributed by atoms with Gasteiger partial charge in [0, 0.05) is 13.1 Å². The van der Waals surface area contributed by atoms with Gasteiger partial charge in [-0.1, -0.05) is 44.2 Å². The molecule has 1 N–H and O–H groups in total. The minimum Gasteiger partial charge on any atom is -0.354 e. The summed E-state index contributed by atoms with van der Waals surface area (Å²) in [7, 11) is -3.74. The zero-order valence-corrected chi connectivity index (χ0v) is 21.9. The largest absolute Gasteiger partial charge is 0.354 e. The first-order valence-corrected chi connectivity index (χ1v) is 13.5. The molecule has 2 aromatic carbocycles. The van der Waals surface area contributed by atoms with Gasteiger partial charge in [0.15, 0.2) is 0 Å². The summed E-state index contributed by atoms with van der Waals surface area (Å²) in [6.07, 6.45) is 2.28. The number of aryl methyl sites for hydroxylation is 3. The average Bonchev–Trinajstić information content (AvgIpc) is 2.78. The van der Waals surface area contributed by atoms with Crippen molar-refractivity contribution in [1.82, 2.24) is 10.2 Å². The third kappa shape index (κ3) is 7.06. The molecule has 0 unspecified atom stereocenters. The molecule has 0 aliphatic heterocycles. The first-order chi connectivity index (χ1) is 16.0. The van der Waals surface area contributed by atoms with Crippen molar-refractivity contribution in [2.75, 3.05) is 23.7 Å². The maximum absolute atomic E-state index is 13.7. The third-order valence-electron chi connectivity index (χ3n) is 5.99. The Bertz CT molecular complexity index is 1110. The van der Waals surface area contributed by atoms with E-state index in [0.29, 0.717) is 18.7 Å². The Morgan fingerprint density at radius 3 is 2.21 bits per heavy atom. The quantitative estimate of drug-likeness (QED) is 0.523. The molecule has 34 heavy (non-hydrogen) atoms. The molecule has 0 aliphatic carbocycles. The van der Waals surface area contributed by atoms with E-state index in [1.54, 1.807) is 12.1 Å². The lowest BCUT2D eigenvalue weighted by atomic mass is 10.1. The molecule has 0 saturated carbocycles. The normalized spacial score (nSPS) is 12.2. The number of sulfonamides is 1. The van der Waals surface area contributed by atoms with Gasteiger partial charge in [-0.25, -0.2) is 8.42 Å². The summed E-state index contributed by atoms with van der Waals surface area (Å²) in [4.78, 5) is 28.1. The van der Waals surface area contributed by atoms with Crippen molar-refractivity contribution < 1.29 is 18.0 Å². The zero-order valence-electron chi connectivity index (χ0n) is 21.1. The molecule has 2 amide bonds. The second-order valence-electron chi connectivity index (χ2n) is 8.70. The van der Waals surface area contributed by atoms with Gasteiger partial charge in [0.05, 0.1) is 11.9 Å². The number of amides is 2. The van der Waals surface area contributed by atoms with Crippen LogP contribution in [0.5, 0.6) is 0 Å². The van der Waals surface area contributed by atoms with Crippen molar-refractivity contribution in [3.8, 4) is 0 Å². The van der Waals surface area contributed by atoms with E-state index in [0.717, 1.165) is 39.2 Å². The highest BCUT2D eigenvalue weighted by Gasteiger charge is 2.31. The number of benzene rings is 2.